The molecular formula is C34H38N6O2. The fraction of sp³-hybridized carbons (Fsp3) is 0.412. The number of amides is 2. The van der Waals surface area contributed by atoms with Crippen LogP contribution in [0.1, 0.15) is 100 Å². The number of imidazole rings is 2. The quantitative estimate of drug-likeness (QED) is 0.259. The third-order valence-electron chi connectivity index (χ3n) is 8.36. The second kappa shape index (κ2) is 12.2. The smallest absolute Gasteiger partial charge is 0.223 e. The summed E-state index contributed by atoms with van der Waals surface area (Å²) in [6.07, 6.45) is 8.54. The Balaban J connectivity index is 1.14. The van der Waals surface area contributed by atoms with Gasteiger partial charge in [-0.15, -0.1) is 0 Å². The largest absolute Gasteiger partial charge is 0.340 e. The van der Waals surface area contributed by atoms with E-state index in [2.05, 4.69) is 51.1 Å². The van der Waals surface area contributed by atoms with Crippen LogP contribution in [0.4, 0.5) is 0 Å². The van der Waals surface area contributed by atoms with Crippen molar-refractivity contribution in [1.82, 2.24) is 29.7 Å². The highest BCUT2D eigenvalue weighted by molar-refractivity contribution is 5.82. The van der Waals surface area contributed by atoms with Gasteiger partial charge in [0.25, 0.3) is 0 Å². The molecule has 2 aliphatic rings. The van der Waals surface area contributed by atoms with E-state index in [1.165, 1.54) is 0 Å². The van der Waals surface area contributed by atoms with Crippen molar-refractivity contribution in [3.05, 3.63) is 71.6 Å². The first-order valence-electron chi connectivity index (χ1n) is 15.3. The maximum atomic E-state index is 12.6. The van der Waals surface area contributed by atoms with E-state index in [0.29, 0.717) is 12.8 Å². The van der Waals surface area contributed by atoms with Gasteiger partial charge in [-0.2, -0.15) is 0 Å². The minimum Gasteiger partial charge on any atom is -0.340 e. The number of fused-ring (bicyclic) bond motifs is 1. The zero-order chi connectivity index (χ0) is 29.1. The van der Waals surface area contributed by atoms with Gasteiger partial charge in [-0.3, -0.25) is 9.59 Å². The fourth-order valence-electron chi connectivity index (χ4n) is 6.24. The van der Waals surface area contributed by atoms with Crippen LogP contribution >= 0.6 is 0 Å². The molecule has 2 N–H and O–H groups in total. The highest BCUT2D eigenvalue weighted by Gasteiger charge is 2.32. The summed E-state index contributed by atoms with van der Waals surface area (Å²) in [6, 6.07) is 14.5. The highest BCUT2D eigenvalue weighted by Crippen LogP contribution is 2.33. The van der Waals surface area contributed by atoms with Gasteiger partial charge in [-0.25, -0.2) is 9.97 Å². The third-order valence-corrected chi connectivity index (χ3v) is 8.36. The third kappa shape index (κ3) is 5.69. The topological polar surface area (TPSA) is 98.0 Å². The van der Waals surface area contributed by atoms with Crippen molar-refractivity contribution >= 4 is 22.8 Å². The second-order valence-electron chi connectivity index (χ2n) is 11.4. The Bertz CT molecular complexity index is 1640. The molecule has 0 unspecified atom stereocenters. The first-order valence-corrected chi connectivity index (χ1v) is 15.3. The lowest BCUT2D eigenvalue weighted by Gasteiger charge is -2.22. The summed E-state index contributed by atoms with van der Waals surface area (Å²) in [5.41, 5.74) is 5.76. The molecule has 2 aromatic carbocycles. The van der Waals surface area contributed by atoms with Gasteiger partial charge >= 0.3 is 0 Å². The molecule has 0 bridgehead atoms. The van der Waals surface area contributed by atoms with Gasteiger partial charge in [0.2, 0.25) is 11.8 Å². The van der Waals surface area contributed by atoms with Crippen molar-refractivity contribution in [3.63, 3.8) is 0 Å². The molecule has 2 fully saturated rings. The molecule has 0 saturated carbocycles. The van der Waals surface area contributed by atoms with Gasteiger partial charge in [-0.1, -0.05) is 38.0 Å². The van der Waals surface area contributed by atoms with E-state index in [1.807, 2.05) is 41.8 Å². The molecule has 8 heteroatoms. The summed E-state index contributed by atoms with van der Waals surface area (Å²) in [7, 11) is 0. The van der Waals surface area contributed by atoms with Crippen LogP contribution in [-0.4, -0.2) is 54.6 Å². The zero-order valence-electron chi connectivity index (χ0n) is 24.4. The molecule has 2 aliphatic heterocycles. The maximum Gasteiger partial charge on any atom is 0.223 e. The average molecular weight is 563 g/mol. The lowest BCUT2D eigenvalue weighted by molar-refractivity contribution is -0.133. The number of likely N-dealkylation sites (tertiary alicyclic amines) is 2. The van der Waals surface area contributed by atoms with Crippen molar-refractivity contribution in [2.45, 2.75) is 77.3 Å². The fourth-order valence-corrected chi connectivity index (χ4v) is 6.24. The summed E-state index contributed by atoms with van der Waals surface area (Å²) < 4.78 is 0. The van der Waals surface area contributed by atoms with Crippen LogP contribution in [-0.2, 0) is 9.59 Å². The predicted octanol–water partition coefficient (Wildman–Crippen LogP) is 6.28. The van der Waals surface area contributed by atoms with E-state index in [9.17, 15) is 9.59 Å². The number of aromatic nitrogens is 4. The Hall–Kier alpha value is -4.38. The highest BCUT2D eigenvalue weighted by atomic mass is 16.2. The van der Waals surface area contributed by atoms with Gasteiger partial charge in [0.05, 0.1) is 29.3 Å². The molecule has 42 heavy (non-hydrogen) atoms. The van der Waals surface area contributed by atoms with Gasteiger partial charge in [0.1, 0.15) is 17.3 Å². The summed E-state index contributed by atoms with van der Waals surface area (Å²) in [5.74, 6) is 8.55. The minimum absolute atomic E-state index is 0.0165. The molecule has 4 aromatic rings. The lowest BCUT2D eigenvalue weighted by atomic mass is 10.0. The zero-order valence-corrected chi connectivity index (χ0v) is 24.4. The van der Waals surface area contributed by atoms with Crippen LogP contribution in [0.5, 0.6) is 0 Å². The normalized spacial score (nSPS) is 18.4. The number of nitrogens with zero attached hydrogens (tertiary/aromatic N) is 4. The van der Waals surface area contributed by atoms with Gasteiger partial charge in [-0.05, 0) is 79.8 Å². The van der Waals surface area contributed by atoms with Crippen molar-refractivity contribution in [2.75, 3.05) is 13.1 Å². The van der Waals surface area contributed by atoms with Crippen molar-refractivity contribution in [2.24, 2.45) is 0 Å². The molecule has 2 amide bonds. The maximum absolute atomic E-state index is 12.6. The number of aromatic amines is 2. The van der Waals surface area contributed by atoms with E-state index >= 15 is 0 Å². The van der Waals surface area contributed by atoms with Crippen LogP contribution in [0.3, 0.4) is 0 Å². The van der Waals surface area contributed by atoms with Crippen LogP contribution in [0.25, 0.3) is 22.2 Å². The van der Waals surface area contributed by atoms with Crippen molar-refractivity contribution in [1.29, 1.82) is 0 Å². The van der Waals surface area contributed by atoms with Crippen molar-refractivity contribution in [3.8, 4) is 23.0 Å². The predicted molar refractivity (Wildman–Crippen MR) is 163 cm³/mol. The Morgan fingerprint density at radius 1 is 0.833 bits per heavy atom. The molecule has 8 nitrogen and oxygen atoms in total. The molecule has 0 spiro atoms. The number of H-pyrrole nitrogens is 2. The monoisotopic (exact) mass is 562 g/mol. The average Bonchev–Trinajstić information content (AvgIpc) is 3.82. The van der Waals surface area contributed by atoms with E-state index < -0.39 is 0 Å². The van der Waals surface area contributed by atoms with Crippen LogP contribution in [0.15, 0.2) is 48.7 Å². The number of rotatable bonds is 7. The van der Waals surface area contributed by atoms with E-state index in [-0.39, 0.29) is 23.9 Å². The SMILES string of the molecule is CCCC(=O)N1CCC[C@H]1c1ncc(C#Cc2ccc(-c3ccc4nc([C@@H]5CCCN5C(=O)CCC)[nH]c4c3)cc2)[nH]1. The van der Waals surface area contributed by atoms with Crippen LogP contribution in [0.2, 0.25) is 0 Å². The summed E-state index contributed by atoms with van der Waals surface area (Å²) in [4.78, 5) is 45.3. The first kappa shape index (κ1) is 27.8. The molecule has 4 heterocycles. The Kier molecular flexibility index (Phi) is 8.09. The molecular weight excluding hydrogens is 524 g/mol. The summed E-state index contributed by atoms with van der Waals surface area (Å²) in [6.45, 7) is 5.68. The molecule has 2 saturated heterocycles. The Morgan fingerprint density at radius 3 is 2.14 bits per heavy atom. The van der Waals surface area contributed by atoms with E-state index in [0.717, 1.165) is 96.7 Å². The Morgan fingerprint density at radius 2 is 1.48 bits per heavy atom. The van der Waals surface area contributed by atoms with Crippen molar-refractivity contribution < 1.29 is 9.59 Å². The van der Waals surface area contributed by atoms with E-state index in [1.54, 1.807) is 6.20 Å². The molecule has 2 atom stereocenters. The molecule has 0 radical (unpaired) electrons. The second-order valence-corrected chi connectivity index (χ2v) is 11.4. The molecule has 216 valence electrons. The number of nitrogens with one attached hydrogen (secondary N) is 2. The summed E-state index contributed by atoms with van der Waals surface area (Å²) >= 11 is 0. The van der Waals surface area contributed by atoms with Gasteiger partial charge in [0.15, 0.2) is 0 Å². The molecule has 2 aromatic heterocycles. The van der Waals surface area contributed by atoms with Crippen LogP contribution < -0.4 is 0 Å². The lowest BCUT2D eigenvalue weighted by Crippen LogP contribution is -2.30. The summed E-state index contributed by atoms with van der Waals surface area (Å²) in [5, 5.41) is 0. The molecule has 6 rings (SSSR count). The van der Waals surface area contributed by atoms with Crippen LogP contribution in [0, 0.1) is 11.8 Å². The van der Waals surface area contributed by atoms with E-state index in [4.69, 9.17) is 4.98 Å². The van der Waals surface area contributed by atoms with Gasteiger partial charge in [0, 0.05) is 31.5 Å². The Labute approximate surface area is 246 Å². The number of hydrogen-bond donors (Lipinski definition) is 2. The number of carbonyl (C=O) groups is 2. The number of benzene rings is 2. The minimum atomic E-state index is 0.0165. The van der Waals surface area contributed by atoms with Gasteiger partial charge < -0.3 is 19.8 Å². The number of hydrogen-bond acceptors (Lipinski definition) is 4. The molecule has 0 aliphatic carbocycles. The number of carbonyl (C=O) groups excluding carboxylic acids is 2. The first-order chi connectivity index (χ1) is 20.5. The standard InChI is InChI=1S/C34H38N6O2/c1-3-7-31(41)39-19-5-9-29(39)33-35-22-26(36-33)17-13-23-11-14-24(15-12-23)25-16-18-27-28(21-25)38-34(37-27)30-10-6-20-40(30)32(42)8-4-2/h11-12,14-16,18,21-22,29-30H,3-10,19-20H2,1-2H3,(H,35,36)(H,37,38)/t29-,30-/m0/s1.